The summed E-state index contributed by atoms with van der Waals surface area (Å²) in [5.41, 5.74) is 6.15. The Morgan fingerprint density at radius 2 is 1.95 bits per heavy atom. The number of benzene rings is 1. The van der Waals surface area contributed by atoms with E-state index in [0.29, 0.717) is 13.0 Å². The molecule has 1 aromatic rings. The third kappa shape index (κ3) is 2.96. The van der Waals surface area contributed by atoms with E-state index < -0.39 is 5.41 Å². The minimum absolute atomic E-state index is 0.243. The summed E-state index contributed by atoms with van der Waals surface area (Å²) in [5.74, 6) is -0.243. The van der Waals surface area contributed by atoms with Gasteiger partial charge in [-0.2, -0.15) is 0 Å². The van der Waals surface area contributed by atoms with E-state index in [-0.39, 0.29) is 5.91 Å². The van der Waals surface area contributed by atoms with Crippen LogP contribution in [0.25, 0.3) is 0 Å². The Hall–Kier alpha value is -1.39. The van der Waals surface area contributed by atoms with Gasteiger partial charge in [0.1, 0.15) is 0 Å². The summed E-state index contributed by atoms with van der Waals surface area (Å²) in [6, 6.07) is 9.87. The number of ether oxygens (including phenoxy) is 1. The molecule has 0 bridgehead atoms. The maximum atomic E-state index is 12.1. The molecule has 0 spiro atoms. The van der Waals surface area contributed by atoms with Crippen LogP contribution < -0.4 is 5.73 Å². The zero-order valence-corrected chi connectivity index (χ0v) is 11.5. The number of nitrogens with two attached hydrogens (primary N) is 1. The normalized spacial score (nSPS) is 19.8. The van der Waals surface area contributed by atoms with Crippen molar-refractivity contribution >= 4 is 5.91 Å². The Labute approximate surface area is 114 Å². The third-order valence-corrected chi connectivity index (χ3v) is 4.00. The Morgan fingerprint density at radius 3 is 2.47 bits per heavy atom. The molecular weight excluding hydrogens is 240 g/mol. The monoisotopic (exact) mass is 262 g/mol. The highest BCUT2D eigenvalue weighted by Crippen LogP contribution is 2.29. The number of hydrogen-bond acceptors (Lipinski definition) is 3. The maximum Gasteiger partial charge on any atom is 0.229 e. The first-order valence-corrected chi connectivity index (χ1v) is 6.84. The topological polar surface area (TPSA) is 55.6 Å². The molecule has 1 atom stereocenters. The average Bonchev–Trinajstić information content (AvgIpc) is 2.46. The van der Waals surface area contributed by atoms with E-state index in [4.69, 9.17) is 10.5 Å². The molecule has 104 valence electrons. The van der Waals surface area contributed by atoms with E-state index in [1.807, 2.05) is 37.3 Å². The first-order valence-electron chi connectivity index (χ1n) is 6.84. The smallest absolute Gasteiger partial charge is 0.229 e. The summed E-state index contributed by atoms with van der Waals surface area (Å²) < 4.78 is 5.36. The molecule has 0 aliphatic carbocycles. The van der Waals surface area contributed by atoms with Crippen molar-refractivity contribution in [2.24, 2.45) is 5.73 Å². The molecular formula is C15H22N2O2. The first kappa shape index (κ1) is 14.0. The summed E-state index contributed by atoms with van der Waals surface area (Å²) in [7, 11) is 0. The zero-order chi connectivity index (χ0) is 13.7. The number of amides is 1. The van der Waals surface area contributed by atoms with Gasteiger partial charge in [0.25, 0.3) is 0 Å². The number of rotatable bonds is 5. The quantitative estimate of drug-likeness (QED) is 0.866. The minimum Gasteiger partial charge on any atom is -0.379 e. The number of hydrogen-bond donors (Lipinski definition) is 1. The van der Waals surface area contributed by atoms with Crippen LogP contribution in [0, 0.1) is 0 Å². The third-order valence-electron chi connectivity index (χ3n) is 4.00. The lowest BCUT2D eigenvalue weighted by Gasteiger charge is -2.37. The molecule has 0 saturated carbocycles. The van der Waals surface area contributed by atoms with Crippen LogP contribution in [-0.2, 0) is 14.9 Å². The lowest BCUT2D eigenvalue weighted by Crippen LogP contribution is -2.52. The van der Waals surface area contributed by atoms with Crippen LogP contribution in [0.4, 0.5) is 0 Å². The van der Waals surface area contributed by atoms with Gasteiger partial charge in [-0.3, -0.25) is 9.69 Å². The van der Waals surface area contributed by atoms with Crippen molar-refractivity contribution in [1.82, 2.24) is 4.90 Å². The second-order valence-corrected chi connectivity index (χ2v) is 5.05. The van der Waals surface area contributed by atoms with Gasteiger partial charge in [-0.25, -0.2) is 0 Å². The fraction of sp³-hybridized carbons (Fsp3) is 0.533. The summed E-state index contributed by atoms with van der Waals surface area (Å²) in [4.78, 5) is 14.4. The van der Waals surface area contributed by atoms with E-state index in [1.54, 1.807) is 0 Å². The molecule has 1 aliphatic rings. The van der Waals surface area contributed by atoms with Crippen LogP contribution in [-0.4, -0.2) is 43.7 Å². The summed E-state index contributed by atoms with van der Waals surface area (Å²) in [6.07, 6.45) is 0.712. The van der Waals surface area contributed by atoms with Crippen LogP contribution in [0.2, 0.25) is 0 Å². The van der Waals surface area contributed by atoms with Crippen molar-refractivity contribution in [3.8, 4) is 0 Å². The molecule has 4 heteroatoms. The molecule has 1 unspecified atom stereocenters. The van der Waals surface area contributed by atoms with Gasteiger partial charge in [0.15, 0.2) is 0 Å². The molecule has 1 aliphatic heterocycles. The average molecular weight is 262 g/mol. The van der Waals surface area contributed by atoms with Gasteiger partial charge in [-0.15, -0.1) is 0 Å². The van der Waals surface area contributed by atoms with Crippen LogP contribution in [0.15, 0.2) is 30.3 Å². The fourth-order valence-corrected chi connectivity index (χ4v) is 2.70. The van der Waals surface area contributed by atoms with Gasteiger partial charge in [0.05, 0.1) is 18.6 Å². The van der Waals surface area contributed by atoms with E-state index in [9.17, 15) is 4.79 Å². The second-order valence-electron chi connectivity index (χ2n) is 5.05. The van der Waals surface area contributed by atoms with Gasteiger partial charge in [0.2, 0.25) is 5.91 Å². The Bertz CT molecular complexity index is 415. The van der Waals surface area contributed by atoms with Gasteiger partial charge in [-0.05, 0) is 12.0 Å². The molecule has 1 saturated heterocycles. The molecule has 4 nitrogen and oxygen atoms in total. The lowest BCUT2D eigenvalue weighted by atomic mass is 9.76. The molecule has 0 aromatic heterocycles. The molecule has 2 N–H and O–H groups in total. The second kappa shape index (κ2) is 6.17. The van der Waals surface area contributed by atoms with Crippen molar-refractivity contribution in [1.29, 1.82) is 0 Å². The van der Waals surface area contributed by atoms with E-state index in [2.05, 4.69) is 4.90 Å². The Kier molecular flexibility index (Phi) is 4.56. The van der Waals surface area contributed by atoms with Crippen LogP contribution in [0.5, 0.6) is 0 Å². The van der Waals surface area contributed by atoms with E-state index in [0.717, 1.165) is 31.9 Å². The number of carbonyl (C=O) groups excluding carboxylic acids is 1. The summed E-state index contributed by atoms with van der Waals surface area (Å²) in [5, 5.41) is 0. The highest BCUT2D eigenvalue weighted by atomic mass is 16.5. The standard InChI is InChI=1S/C15H22N2O2/c1-2-15(14(16)18,13-6-4-3-5-7-13)12-17-8-10-19-11-9-17/h3-7H,2,8-12H2,1H3,(H2,16,18). The van der Waals surface area contributed by atoms with Gasteiger partial charge >= 0.3 is 0 Å². The summed E-state index contributed by atoms with van der Waals surface area (Å²) in [6.45, 7) is 5.88. The molecule has 1 heterocycles. The predicted molar refractivity (Wildman–Crippen MR) is 74.9 cm³/mol. The number of morpholine rings is 1. The van der Waals surface area contributed by atoms with Gasteiger partial charge in [-0.1, -0.05) is 37.3 Å². The molecule has 1 amide bonds. The molecule has 1 aromatic carbocycles. The minimum atomic E-state index is -0.599. The molecule has 19 heavy (non-hydrogen) atoms. The van der Waals surface area contributed by atoms with Crippen LogP contribution in [0.3, 0.4) is 0 Å². The molecule has 0 radical (unpaired) electrons. The van der Waals surface area contributed by atoms with E-state index in [1.165, 1.54) is 0 Å². The Morgan fingerprint density at radius 1 is 1.32 bits per heavy atom. The first-order chi connectivity index (χ1) is 9.19. The zero-order valence-electron chi connectivity index (χ0n) is 11.5. The summed E-state index contributed by atoms with van der Waals surface area (Å²) >= 11 is 0. The highest BCUT2D eigenvalue weighted by Gasteiger charge is 2.38. The number of nitrogens with zero attached hydrogens (tertiary/aromatic N) is 1. The van der Waals surface area contributed by atoms with Crippen molar-refractivity contribution < 1.29 is 9.53 Å². The number of carbonyl (C=O) groups is 1. The predicted octanol–water partition coefficient (Wildman–Crippen LogP) is 1.15. The SMILES string of the molecule is CCC(CN1CCOCC1)(C(N)=O)c1ccccc1. The van der Waals surface area contributed by atoms with Crippen molar-refractivity contribution in [2.75, 3.05) is 32.8 Å². The molecule has 1 fully saturated rings. The van der Waals surface area contributed by atoms with Crippen molar-refractivity contribution in [2.45, 2.75) is 18.8 Å². The lowest BCUT2D eigenvalue weighted by molar-refractivity contribution is -0.125. The fourth-order valence-electron chi connectivity index (χ4n) is 2.70. The highest BCUT2D eigenvalue weighted by molar-refractivity contribution is 5.87. The van der Waals surface area contributed by atoms with E-state index >= 15 is 0 Å². The van der Waals surface area contributed by atoms with Gasteiger partial charge < -0.3 is 10.5 Å². The van der Waals surface area contributed by atoms with Crippen LogP contribution in [0.1, 0.15) is 18.9 Å². The number of primary amides is 1. The van der Waals surface area contributed by atoms with Gasteiger partial charge in [0, 0.05) is 19.6 Å². The Balaban J connectivity index is 2.26. The molecule has 2 rings (SSSR count). The van der Waals surface area contributed by atoms with Crippen LogP contribution >= 0.6 is 0 Å². The largest absolute Gasteiger partial charge is 0.379 e. The maximum absolute atomic E-state index is 12.1. The van der Waals surface area contributed by atoms with Crippen molar-refractivity contribution in [3.63, 3.8) is 0 Å². The van der Waals surface area contributed by atoms with Crippen molar-refractivity contribution in [3.05, 3.63) is 35.9 Å².